The van der Waals surface area contributed by atoms with Gasteiger partial charge in [0.25, 0.3) is 11.5 Å². The van der Waals surface area contributed by atoms with Crippen LogP contribution in [0.1, 0.15) is 18.5 Å². The van der Waals surface area contributed by atoms with E-state index in [9.17, 15) is 9.59 Å². The quantitative estimate of drug-likeness (QED) is 0.733. The summed E-state index contributed by atoms with van der Waals surface area (Å²) < 4.78 is 1.28. The molecule has 3 aromatic rings. The Bertz CT molecular complexity index is 1010. The first-order valence-electron chi connectivity index (χ1n) is 8.70. The molecule has 2 heterocycles. The highest BCUT2D eigenvalue weighted by atomic mass is 16.2. The normalized spacial score (nSPS) is 14.1. The smallest absolute Gasteiger partial charge is 0.267 e. The average molecular weight is 345 g/mol. The van der Waals surface area contributed by atoms with Gasteiger partial charge in [-0.05, 0) is 31.0 Å². The number of benzene rings is 2. The van der Waals surface area contributed by atoms with Crippen molar-refractivity contribution in [3.63, 3.8) is 0 Å². The number of hydrogen-bond acceptors (Lipinski definition) is 3. The highest BCUT2D eigenvalue weighted by molar-refractivity contribution is 5.97. The van der Waals surface area contributed by atoms with E-state index in [-0.39, 0.29) is 11.5 Å². The number of nitrogens with zero attached hydrogens (tertiary/aromatic N) is 3. The number of para-hydroxylation sites is 1. The molecule has 1 aliphatic heterocycles. The molecule has 26 heavy (non-hydrogen) atoms. The topological polar surface area (TPSA) is 55.2 Å². The van der Waals surface area contributed by atoms with Crippen molar-refractivity contribution in [1.29, 1.82) is 0 Å². The van der Waals surface area contributed by atoms with Crippen molar-refractivity contribution in [2.45, 2.75) is 19.4 Å². The van der Waals surface area contributed by atoms with E-state index in [2.05, 4.69) is 5.10 Å². The lowest BCUT2D eigenvalue weighted by atomic mass is 10.1. The molecule has 0 N–H and O–H groups in total. The summed E-state index contributed by atoms with van der Waals surface area (Å²) >= 11 is 0. The molecule has 0 saturated carbocycles. The third-order valence-corrected chi connectivity index (χ3v) is 4.77. The summed E-state index contributed by atoms with van der Waals surface area (Å²) in [6.07, 6.45) is 0.834. The molecule has 0 aliphatic carbocycles. The second kappa shape index (κ2) is 6.59. The summed E-state index contributed by atoms with van der Waals surface area (Å²) in [6.45, 7) is 2.36. The van der Waals surface area contributed by atoms with Gasteiger partial charge in [0.05, 0.1) is 5.69 Å². The number of hydrogen-bond donors (Lipinski definition) is 0. The molecule has 5 heteroatoms. The second-order valence-electron chi connectivity index (χ2n) is 6.41. The molecule has 5 nitrogen and oxygen atoms in total. The monoisotopic (exact) mass is 345 g/mol. The molecular weight excluding hydrogens is 326 g/mol. The molecule has 0 bridgehead atoms. The lowest BCUT2D eigenvalue weighted by molar-refractivity contribution is -0.121. The third kappa shape index (κ3) is 2.81. The third-order valence-electron chi connectivity index (χ3n) is 4.77. The van der Waals surface area contributed by atoms with Crippen LogP contribution >= 0.6 is 0 Å². The molecule has 0 fully saturated rings. The van der Waals surface area contributed by atoms with Gasteiger partial charge < -0.3 is 4.90 Å². The fourth-order valence-corrected chi connectivity index (χ4v) is 3.36. The number of aromatic nitrogens is 2. The SMILES string of the molecule is C[C@@H](C(=O)N1CCc2ccccc21)n1nc(-c2ccccc2)ccc1=O. The van der Waals surface area contributed by atoms with Crippen LogP contribution in [-0.4, -0.2) is 22.2 Å². The molecule has 1 aliphatic rings. The zero-order valence-corrected chi connectivity index (χ0v) is 14.5. The van der Waals surface area contributed by atoms with E-state index in [4.69, 9.17) is 0 Å². The fourth-order valence-electron chi connectivity index (χ4n) is 3.36. The minimum atomic E-state index is -0.669. The number of anilines is 1. The van der Waals surface area contributed by atoms with Crippen LogP contribution in [0.4, 0.5) is 5.69 Å². The predicted octanol–water partition coefficient (Wildman–Crippen LogP) is 3.06. The Labute approximate surface area is 151 Å². The van der Waals surface area contributed by atoms with Gasteiger partial charge >= 0.3 is 0 Å². The van der Waals surface area contributed by atoms with Gasteiger partial charge in [0.15, 0.2) is 0 Å². The average Bonchev–Trinajstić information content (AvgIpc) is 3.12. The maximum atomic E-state index is 13.0. The molecule has 1 atom stereocenters. The van der Waals surface area contributed by atoms with Crippen molar-refractivity contribution in [3.8, 4) is 11.3 Å². The number of rotatable bonds is 3. The molecule has 0 spiro atoms. The minimum Gasteiger partial charge on any atom is -0.310 e. The first-order valence-corrected chi connectivity index (χ1v) is 8.70. The Morgan fingerprint density at radius 1 is 1.00 bits per heavy atom. The maximum Gasteiger partial charge on any atom is 0.267 e. The Morgan fingerprint density at radius 2 is 1.73 bits per heavy atom. The molecule has 0 unspecified atom stereocenters. The van der Waals surface area contributed by atoms with Crippen molar-refractivity contribution in [2.75, 3.05) is 11.4 Å². The van der Waals surface area contributed by atoms with Gasteiger partial charge in [0, 0.05) is 23.9 Å². The van der Waals surface area contributed by atoms with Crippen LogP contribution in [0.15, 0.2) is 71.5 Å². The Hall–Kier alpha value is -3.21. The van der Waals surface area contributed by atoms with Gasteiger partial charge in [-0.15, -0.1) is 0 Å². The zero-order chi connectivity index (χ0) is 18.1. The minimum absolute atomic E-state index is 0.116. The van der Waals surface area contributed by atoms with Crippen LogP contribution in [0.25, 0.3) is 11.3 Å². The van der Waals surface area contributed by atoms with Gasteiger partial charge in [-0.25, -0.2) is 4.68 Å². The molecule has 2 aromatic carbocycles. The van der Waals surface area contributed by atoms with Gasteiger partial charge in [0.2, 0.25) is 0 Å². The summed E-state index contributed by atoms with van der Waals surface area (Å²) in [7, 11) is 0. The van der Waals surface area contributed by atoms with E-state index < -0.39 is 6.04 Å². The summed E-state index contributed by atoms with van der Waals surface area (Å²) in [5.74, 6) is -0.116. The first kappa shape index (κ1) is 16.3. The molecular formula is C21H19N3O2. The molecule has 1 amide bonds. The van der Waals surface area contributed by atoms with Gasteiger partial charge in [-0.3, -0.25) is 9.59 Å². The van der Waals surface area contributed by atoms with E-state index in [1.807, 2.05) is 54.6 Å². The van der Waals surface area contributed by atoms with E-state index in [0.29, 0.717) is 12.2 Å². The van der Waals surface area contributed by atoms with Crippen LogP contribution in [0, 0.1) is 0 Å². The Balaban J connectivity index is 1.67. The summed E-state index contributed by atoms with van der Waals surface area (Å²) in [5, 5.41) is 4.45. The Kier molecular flexibility index (Phi) is 4.13. The Morgan fingerprint density at radius 3 is 2.54 bits per heavy atom. The standard InChI is InChI=1S/C21H19N3O2/c1-15(21(26)23-14-13-17-9-5-6-10-19(17)23)24-20(25)12-11-18(22-24)16-7-3-2-4-8-16/h2-12,15H,13-14H2,1H3/t15-/m0/s1. The molecule has 0 radical (unpaired) electrons. The van der Waals surface area contributed by atoms with Crippen LogP contribution in [0.2, 0.25) is 0 Å². The summed E-state index contributed by atoms with van der Waals surface area (Å²) in [5.41, 5.74) is 3.39. The van der Waals surface area contributed by atoms with Gasteiger partial charge in [0.1, 0.15) is 6.04 Å². The lowest BCUT2D eigenvalue weighted by Gasteiger charge is -2.22. The van der Waals surface area contributed by atoms with E-state index in [0.717, 1.165) is 23.2 Å². The number of carbonyl (C=O) groups excluding carboxylic acids is 1. The zero-order valence-electron chi connectivity index (χ0n) is 14.5. The van der Waals surface area contributed by atoms with Crippen LogP contribution in [0.3, 0.4) is 0 Å². The summed E-state index contributed by atoms with van der Waals surface area (Å²) in [6, 6.07) is 20.0. The van der Waals surface area contributed by atoms with Crippen LogP contribution in [0.5, 0.6) is 0 Å². The molecule has 0 saturated heterocycles. The van der Waals surface area contributed by atoms with Crippen molar-refractivity contribution >= 4 is 11.6 Å². The highest BCUT2D eigenvalue weighted by Gasteiger charge is 2.29. The number of carbonyl (C=O) groups is 1. The van der Waals surface area contributed by atoms with E-state index >= 15 is 0 Å². The largest absolute Gasteiger partial charge is 0.310 e. The van der Waals surface area contributed by atoms with E-state index in [1.54, 1.807) is 17.9 Å². The molecule has 130 valence electrons. The van der Waals surface area contributed by atoms with Crippen molar-refractivity contribution < 1.29 is 4.79 Å². The first-order chi connectivity index (χ1) is 12.6. The summed E-state index contributed by atoms with van der Waals surface area (Å²) in [4.78, 5) is 27.1. The lowest BCUT2D eigenvalue weighted by Crippen LogP contribution is -2.39. The predicted molar refractivity (Wildman–Crippen MR) is 101 cm³/mol. The fraction of sp³-hybridized carbons (Fsp3) is 0.190. The van der Waals surface area contributed by atoms with Crippen LogP contribution in [-0.2, 0) is 11.2 Å². The second-order valence-corrected chi connectivity index (χ2v) is 6.41. The molecule has 4 rings (SSSR count). The molecule has 1 aromatic heterocycles. The highest BCUT2D eigenvalue weighted by Crippen LogP contribution is 2.29. The number of amides is 1. The van der Waals surface area contributed by atoms with Crippen LogP contribution < -0.4 is 10.5 Å². The van der Waals surface area contributed by atoms with Crippen molar-refractivity contribution in [3.05, 3.63) is 82.6 Å². The van der Waals surface area contributed by atoms with Crippen molar-refractivity contribution in [1.82, 2.24) is 9.78 Å². The number of fused-ring (bicyclic) bond motifs is 1. The van der Waals surface area contributed by atoms with Gasteiger partial charge in [-0.2, -0.15) is 5.10 Å². The van der Waals surface area contributed by atoms with Crippen molar-refractivity contribution in [2.24, 2.45) is 0 Å². The maximum absolute atomic E-state index is 13.0. The van der Waals surface area contributed by atoms with E-state index in [1.165, 1.54) is 10.7 Å². The van der Waals surface area contributed by atoms with Gasteiger partial charge in [-0.1, -0.05) is 48.5 Å².